The normalized spacial score (nSPS) is 26.9. The number of carbonyl (C=O) groups is 1. The molecule has 1 heterocycles. The van der Waals surface area contributed by atoms with Crippen molar-refractivity contribution in [2.24, 2.45) is 5.92 Å². The van der Waals surface area contributed by atoms with E-state index in [0.717, 1.165) is 19.5 Å². The third-order valence-electron chi connectivity index (χ3n) is 2.14. The molecule has 1 saturated heterocycles. The highest BCUT2D eigenvalue weighted by molar-refractivity contribution is 5.80. The maximum Gasteiger partial charge on any atom is 0.163 e. The summed E-state index contributed by atoms with van der Waals surface area (Å²) in [6.07, 6.45) is 0.177. The Balaban J connectivity index is 2.23. The summed E-state index contributed by atoms with van der Waals surface area (Å²) in [6, 6.07) is 0. The minimum absolute atomic E-state index is 0.336. The lowest BCUT2D eigenvalue weighted by atomic mass is 10.00. The zero-order valence-corrected chi connectivity index (χ0v) is 6.77. The minimum atomic E-state index is -1.24. The van der Waals surface area contributed by atoms with Crippen LogP contribution in [0.2, 0.25) is 0 Å². The van der Waals surface area contributed by atoms with Gasteiger partial charge in [0.25, 0.3) is 0 Å². The molecule has 0 amide bonds. The Labute approximate surface area is 66.2 Å². The maximum absolute atomic E-state index is 12.8. The Morgan fingerprint density at radius 3 is 3.00 bits per heavy atom. The van der Waals surface area contributed by atoms with Gasteiger partial charge in [0.15, 0.2) is 12.0 Å². The van der Waals surface area contributed by atoms with E-state index in [1.54, 1.807) is 0 Å². The van der Waals surface area contributed by atoms with E-state index in [9.17, 15) is 9.18 Å². The first-order chi connectivity index (χ1) is 5.20. The number of ketones is 1. The summed E-state index contributed by atoms with van der Waals surface area (Å²) in [6.45, 7) is 3.15. The Morgan fingerprint density at radius 1 is 1.82 bits per heavy atom. The largest absolute Gasteiger partial charge is 0.316 e. The van der Waals surface area contributed by atoms with Gasteiger partial charge >= 0.3 is 0 Å². The van der Waals surface area contributed by atoms with E-state index in [1.165, 1.54) is 6.92 Å². The summed E-state index contributed by atoms with van der Waals surface area (Å²) in [5.41, 5.74) is 0. The van der Waals surface area contributed by atoms with Crippen molar-refractivity contribution in [3.05, 3.63) is 0 Å². The van der Waals surface area contributed by atoms with E-state index in [1.807, 2.05) is 0 Å². The number of hydrogen-bond donors (Lipinski definition) is 1. The molecule has 0 aromatic rings. The van der Waals surface area contributed by atoms with Crippen molar-refractivity contribution >= 4 is 5.78 Å². The van der Waals surface area contributed by atoms with Gasteiger partial charge in [0.2, 0.25) is 0 Å². The Bertz CT molecular complexity index is 143. The average Bonchev–Trinajstić information content (AvgIpc) is 2.39. The predicted molar refractivity (Wildman–Crippen MR) is 41.2 cm³/mol. The first-order valence-corrected chi connectivity index (χ1v) is 4.05. The highest BCUT2D eigenvalue weighted by Gasteiger charge is 2.21. The molecule has 1 aliphatic heterocycles. The van der Waals surface area contributed by atoms with Crippen LogP contribution in [0.5, 0.6) is 0 Å². The summed E-state index contributed by atoms with van der Waals surface area (Å²) in [5.74, 6) is 0.0331. The second-order valence-electron chi connectivity index (χ2n) is 3.17. The Kier molecular flexibility index (Phi) is 3.00. The van der Waals surface area contributed by atoms with Crippen molar-refractivity contribution < 1.29 is 9.18 Å². The molecular formula is C8H14FNO. The zero-order chi connectivity index (χ0) is 8.27. The van der Waals surface area contributed by atoms with Gasteiger partial charge in [-0.15, -0.1) is 0 Å². The number of carbonyl (C=O) groups excluding carboxylic acids is 1. The lowest BCUT2D eigenvalue weighted by Crippen LogP contribution is -2.18. The van der Waals surface area contributed by atoms with E-state index in [0.29, 0.717) is 12.3 Å². The second-order valence-corrected chi connectivity index (χ2v) is 3.17. The fourth-order valence-corrected chi connectivity index (χ4v) is 1.37. The average molecular weight is 159 g/mol. The van der Waals surface area contributed by atoms with Crippen molar-refractivity contribution in [3.63, 3.8) is 0 Å². The van der Waals surface area contributed by atoms with Gasteiger partial charge in [0.05, 0.1) is 0 Å². The van der Waals surface area contributed by atoms with Crippen LogP contribution in [-0.4, -0.2) is 25.0 Å². The molecule has 0 bridgehead atoms. The van der Waals surface area contributed by atoms with Crippen LogP contribution in [0.4, 0.5) is 4.39 Å². The van der Waals surface area contributed by atoms with Gasteiger partial charge in [-0.2, -0.15) is 0 Å². The highest BCUT2D eigenvalue weighted by atomic mass is 19.1. The number of rotatable bonds is 3. The molecule has 0 spiro atoms. The number of Topliss-reactive ketones (excluding diaryl/α,β-unsaturated/α-hetero) is 1. The van der Waals surface area contributed by atoms with Gasteiger partial charge in [-0.3, -0.25) is 4.79 Å². The van der Waals surface area contributed by atoms with Crippen LogP contribution in [-0.2, 0) is 4.79 Å². The van der Waals surface area contributed by atoms with Gasteiger partial charge in [-0.25, -0.2) is 4.39 Å². The molecule has 2 unspecified atom stereocenters. The van der Waals surface area contributed by atoms with Crippen LogP contribution in [0, 0.1) is 5.92 Å². The van der Waals surface area contributed by atoms with E-state index in [-0.39, 0.29) is 5.78 Å². The van der Waals surface area contributed by atoms with Crippen LogP contribution >= 0.6 is 0 Å². The second kappa shape index (κ2) is 3.81. The van der Waals surface area contributed by atoms with E-state index < -0.39 is 6.17 Å². The molecule has 0 aromatic heterocycles. The van der Waals surface area contributed by atoms with Crippen molar-refractivity contribution in [2.75, 3.05) is 13.1 Å². The van der Waals surface area contributed by atoms with Crippen LogP contribution in [0.3, 0.4) is 0 Å². The van der Waals surface area contributed by atoms with Gasteiger partial charge in [-0.05, 0) is 38.8 Å². The maximum atomic E-state index is 12.8. The fourth-order valence-electron chi connectivity index (χ4n) is 1.37. The Morgan fingerprint density at radius 2 is 2.55 bits per heavy atom. The zero-order valence-electron chi connectivity index (χ0n) is 6.77. The van der Waals surface area contributed by atoms with Crippen molar-refractivity contribution in [1.29, 1.82) is 0 Å². The topological polar surface area (TPSA) is 29.1 Å². The van der Waals surface area contributed by atoms with Gasteiger partial charge in [0, 0.05) is 0 Å². The van der Waals surface area contributed by atoms with Crippen molar-refractivity contribution in [3.8, 4) is 0 Å². The van der Waals surface area contributed by atoms with Gasteiger partial charge < -0.3 is 5.32 Å². The lowest BCUT2D eigenvalue weighted by molar-refractivity contribution is -0.122. The molecule has 11 heavy (non-hydrogen) atoms. The molecule has 2 atom stereocenters. The fraction of sp³-hybridized carbons (Fsp3) is 0.875. The summed E-state index contributed by atoms with van der Waals surface area (Å²) < 4.78 is 12.8. The summed E-state index contributed by atoms with van der Waals surface area (Å²) in [5, 5.41) is 3.14. The number of hydrogen-bond acceptors (Lipinski definition) is 2. The van der Waals surface area contributed by atoms with Gasteiger partial charge in [0.1, 0.15) is 0 Å². The van der Waals surface area contributed by atoms with Crippen LogP contribution < -0.4 is 5.32 Å². The molecule has 0 saturated carbocycles. The molecule has 3 heteroatoms. The summed E-state index contributed by atoms with van der Waals surface area (Å²) >= 11 is 0. The standard InChI is InChI=1S/C8H14FNO/c1-6(11)8(9)4-7-2-3-10-5-7/h7-8,10H,2-5H2,1H3. The van der Waals surface area contributed by atoms with Crippen LogP contribution in [0.1, 0.15) is 19.8 Å². The molecule has 1 rings (SSSR count). The van der Waals surface area contributed by atoms with E-state index in [2.05, 4.69) is 5.32 Å². The Hall–Kier alpha value is -0.440. The van der Waals surface area contributed by atoms with E-state index >= 15 is 0 Å². The number of halogens is 1. The first-order valence-electron chi connectivity index (χ1n) is 4.05. The minimum Gasteiger partial charge on any atom is -0.316 e. The van der Waals surface area contributed by atoms with Gasteiger partial charge in [-0.1, -0.05) is 0 Å². The molecular weight excluding hydrogens is 145 g/mol. The van der Waals surface area contributed by atoms with Crippen molar-refractivity contribution in [1.82, 2.24) is 5.32 Å². The molecule has 1 aliphatic rings. The van der Waals surface area contributed by atoms with E-state index in [4.69, 9.17) is 0 Å². The smallest absolute Gasteiger partial charge is 0.163 e. The lowest BCUT2D eigenvalue weighted by Gasteiger charge is -2.09. The molecule has 1 fully saturated rings. The van der Waals surface area contributed by atoms with Crippen LogP contribution in [0.15, 0.2) is 0 Å². The monoisotopic (exact) mass is 159 g/mol. The quantitative estimate of drug-likeness (QED) is 0.663. The molecule has 2 nitrogen and oxygen atoms in total. The van der Waals surface area contributed by atoms with Crippen LogP contribution in [0.25, 0.3) is 0 Å². The SMILES string of the molecule is CC(=O)C(F)CC1CCNC1. The third-order valence-corrected chi connectivity index (χ3v) is 2.14. The molecule has 64 valence electrons. The summed E-state index contributed by atoms with van der Waals surface area (Å²) in [4.78, 5) is 10.5. The first kappa shape index (κ1) is 8.65. The van der Waals surface area contributed by atoms with Crippen molar-refractivity contribution in [2.45, 2.75) is 25.9 Å². The highest BCUT2D eigenvalue weighted by Crippen LogP contribution is 2.16. The molecule has 0 aliphatic carbocycles. The summed E-state index contributed by atoms with van der Waals surface area (Å²) in [7, 11) is 0. The number of nitrogens with one attached hydrogen (secondary N) is 1. The number of alkyl halides is 1. The predicted octanol–water partition coefficient (Wildman–Crippen LogP) is 0.913. The molecule has 0 aromatic carbocycles. The molecule has 0 radical (unpaired) electrons. The molecule has 1 N–H and O–H groups in total. The third kappa shape index (κ3) is 2.58.